The first-order valence-electron chi connectivity index (χ1n) is 12.1. The molecule has 2 heterocycles. The smallest absolute Gasteiger partial charge is 0.248 e. The van der Waals surface area contributed by atoms with E-state index in [-0.39, 0.29) is 5.41 Å². The van der Waals surface area contributed by atoms with E-state index in [1.54, 1.807) is 0 Å². The summed E-state index contributed by atoms with van der Waals surface area (Å²) in [5.74, 6) is 1.01. The van der Waals surface area contributed by atoms with Gasteiger partial charge in [-0.25, -0.2) is 0 Å². The third-order valence-electron chi connectivity index (χ3n) is 6.78. The van der Waals surface area contributed by atoms with E-state index in [1.165, 1.54) is 16.5 Å². The summed E-state index contributed by atoms with van der Waals surface area (Å²) in [6, 6.07) is 31.6. The number of para-hydroxylation sites is 1. The summed E-state index contributed by atoms with van der Waals surface area (Å²) in [6.07, 6.45) is 1.84. The fourth-order valence-corrected chi connectivity index (χ4v) is 4.76. The lowest BCUT2D eigenvalue weighted by molar-refractivity contribution is 0.584. The van der Waals surface area contributed by atoms with Crippen LogP contribution in [0.2, 0.25) is 0 Å². The maximum Gasteiger partial charge on any atom is 0.248 e. The Balaban J connectivity index is 1.30. The van der Waals surface area contributed by atoms with E-state index in [1.807, 2.05) is 30.5 Å². The second-order valence-electron chi connectivity index (χ2n) is 10.1. The predicted molar refractivity (Wildman–Crippen MR) is 149 cm³/mol. The van der Waals surface area contributed by atoms with Crippen molar-refractivity contribution in [3.63, 3.8) is 0 Å². The van der Waals surface area contributed by atoms with Crippen molar-refractivity contribution >= 4 is 28.0 Å². The summed E-state index contributed by atoms with van der Waals surface area (Å²) in [6.45, 7) is 10.7. The van der Waals surface area contributed by atoms with Gasteiger partial charge in [0.15, 0.2) is 0 Å². The second kappa shape index (κ2) is 8.35. The van der Waals surface area contributed by atoms with E-state index in [4.69, 9.17) is 4.42 Å². The molecule has 0 aliphatic heterocycles. The molecular weight excluding hydrogens is 442 g/mol. The number of rotatable bonds is 4. The number of nitrogens with zero attached hydrogens (tertiary/aromatic N) is 3. The third-order valence-corrected chi connectivity index (χ3v) is 6.78. The Hall–Kier alpha value is -4.44. The lowest BCUT2D eigenvalue weighted by Gasteiger charge is -2.19. The van der Waals surface area contributed by atoms with Gasteiger partial charge in [-0.15, -0.1) is 10.2 Å². The first-order chi connectivity index (χ1) is 17.4. The molecule has 0 aliphatic rings. The number of benzene rings is 4. The lowest BCUT2D eigenvalue weighted by Crippen LogP contribution is -2.10. The molecule has 6 rings (SSSR count). The Labute approximate surface area is 210 Å². The van der Waals surface area contributed by atoms with Gasteiger partial charge in [0.1, 0.15) is 0 Å². The first kappa shape index (κ1) is 22.1. The molecule has 36 heavy (non-hydrogen) atoms. The zero-order valence-electron chi connectivity index (χ0n) is 20.7. The summed E-state index contributed by atoms with van der Waals surface area (Å²) < 4.78 is 8.20. The lowest BCUT2D eigenvalue weighted by atomic mass is 9.86. The van der Waals surface area contributed by atoms with Gasteiger partial charge in [0.2, 0.25) is 11.8 Å². The molecule has 0 unspecified atom stereocenters. The summed E-state index contributed by atoms with van der Waals surface area (Å²) in [5.41, 5.74) is 7.83. The number of fused-ring (bicyclic) bond motifs is 3. The largest absolute Gasteiger partial charge is 0.416 e. The molecular formula is C32H27N3O. The van der Waals surface area contributed by atoms with Crippen molar-refractivity contribution in [2.24, 2.45) is 0 Å². The molecule has 0 saturated carbocycles. The van der Waals surface area contributed by atoms with Crippen LogP contribution in [-0.2, 0) is 5.41 Å². The zero-order valence-corrected chi connectivity index (χ0v) is 20.7. The van der Waals surface area contributed by atoms with Crippen LogP contribution >= 0.6 is 0 Å². The Morgan fingerprint density at radius 2 is 1.22 bits per heavy atom. The van der Waals surface area contributed by atoms with Crippen molar-refractivity contribution in [3.05, 3.63) is 103 Å². The van der Waals surface area contributed by atoms with Crippen molar-refractivity contribution < 1.29 is 4.42 Å². The van der Waals surface area contributed by atoms with Crippen LogP contribution in [0.25, 0.3) is 62.0 Å². The maximum absolute atomic E-state index is 6.10. The van der Waals surface area contributed by atoms with E-state index in [0.717, 1.165) is 33.1 Å². The average Bonchev–Trinajstić information content (AvgIpc) is 3.51. The Morgan fingerprint density at radius 1 is 0.667 bits per heavy atom. The molecule has 0 aliphatic carbocycles. The topological polar surface area (TPSA) is 43.9 Å². The standard InChI is InChI=1S/C32H27N3O/c1-5-35-28-9-7-6-8-26(28)27-20-24(16-19-29(27)35)31-34-33-30(36-31)23-12-10-21(11-13-23)22-14-17-25(18-15-22)32(2,3)4/h5-20H,1H2,2-4H3. The normalized spacial score (nSPS) is 11.9. The number of hydrogen-bond donors (Lipinski definition) is 0. The number of hydrogen-bond acceptors (Lipinski definition) is 3. The SMILES string of the molecule is C=Cn1c2ccccc2c2cc(-c3nnc(-c4ccc(-c5ccc(C(C)(C)C)cc5)cc4)o3)ccc21. The highest BCUT2D eigenvalue weighted by molar-refractivity contribution is 6.10. The van der Waals surface area contributed by atoms with Gasteiger partial charge in [0.25, 0.3) is 0 Å². The van der Waals surface area contributed by atoms with E-state index in [2.05, 4.69) is 109 Å². The van der Waals surface area contributed by atoms with Gasteiger partial charge in [-0.2, -0.15) is 0 Å². The van der Waals surface area contributed by atoms with Gasteiger partial charge < -0.3 is 8.98 Å². The van der Waals surface area contributed by atoms with E-state index >= 15 is 0 Å². The minimum Gasteiger partial charge on any atom is -0.416 e. The van der Waals surface area contributed by atoms with Crippen molar-refractivity contribution in [3.8, 4) is 34.0 Å². The van der Waals surface area contributed by atoms with E-state index in [0.29, 0.717) is 11.8 Å². The van der Waals surface area contributed by atoms with Crippen LogP contribution in [0.5, 0.6) is 0 Å². The molecule has 0 fully saturated rings. The maximum atomic E-state index is 6.10. The molecule has 0 amide bonds. The second-order valence-corrected chi connectivity index (χ2v) is 10.1. The predicted octanol–water partition coefficient (Wildman–Crippen LogP) is 8.58. The Morgan fingerprint density at radius 3 is 1.89 bits per heavy atom. The molecule has 0 spiro atoms. The van der Waals surface area contributed by atoms with Crippen LogP contribution in [0.4, 0.5) is 0 Å². The zero-order chi connectivity index (χ0) is 24.9. The fourth-order valence-electron chi connectivity index (χ4n) is 4.76. The van der Waals surface area contributed by atoms with Crippen LogP contribution in [-0.4, -0.2) is 14.8 Å². The van der Waals surface area contributed by atoms with E-state index < -0.39 is 0 Å². The van der Waals surface area contributed by atoms with Gasteiger partial charge in [-0.1, -0.05) is 81.9 Å². The molecule has 0 saturated heterocycles. The molecule has 4 nitrogen and oxygen atoms in total. The van der Waals surface area contributed by atoms with Gasteiger partial charge in [0.05, 0.1) is 11.0 Å². The van der Waals surface area contributed by atoms with Crippen molar-refractivity contribution in [1.29, 1.82) is 0 Å². The highest BCUT2D eigenvalue weighted by atomic mass is 16.4. The van der Waals surface area contributed by atoms with Crippen LogP contribution in [0, 0.1) is 0 Å². The average molecular weight is 470 g/mol. The van der Waals surface area contributed by atoms with Crippen LogP contribution in [0.15, 0.2) is 102 Å². The molecule has 4 heteroatoms. The molecule has 0 radical (unpaired) electrons. The molecule has 0 bridgehead atoms. The highest BCUT2D eigenvalue weighted by Gasteiger charge is 2.15. The quantitative estimate of drug-likeness (QED) is 0.260. The van der Waals surface area contributed by atoms with Crippen LogP contribution < -0.4 is 0 Å². The molecule has 4 aromatic carbocycles. The molecule has 176 valence electrons. The van der Waals surface area contributed by atoms with E-state index in [9.17, 15) is 0 Å². The highest BCUT2D eigenvalue weighted by Crippen LogP contribution is 2.34. The number of aromatic nitrogens is 3. The summed E-state index contributed by atoms with van der Waals surface area (Å²) in [5, 5.41) is 11.0. The van der Waals surface area contributed by atoms with Crippen LogP contribution in [0.3, 0.4) is 0 Å². The minimum atomic E-state index is 0.144. The van der Waals surface area contributed by atoms with Crippen molar-refractivity contribution in [2.75, 3.05) is 0 Å². The van der Waals surface area contributed by atoms with Gasteiger partial charge in [0, 0.05) is 28.1 Å². The van der Waals surface area contributed by atoms with Crippen LogP contribution in [0.1, 0.15) is 26.3 Å². The molecule has 2 aromatic heterocycles. The molecule has 0 N–H and O–H groups in total. The molecule has 6 aromatic rings. The summed E-state index contributed by atoms with van der Waals surface area (Å²) in [4.78, 5) is 0. The minimum absolute atomic E-state index is 0.144. The Kier molecular flexibility index (Phi) is 5.11. The molecule has 0 atom stereocenters. The monoisotopic (exact) mass is 469 g/mol. The van der Waals surface area contributed by atoms with Gasteiger partial charge in [-0.3, -0.25) is 0 Å². The third kappa shape index (κ3) is 3.72. The Bertz CT molecular complexity index is 1710. The summed E-state index contributed by atoms with van der Waals surface area (Å²) >= 11 is 0. The van der Waals surface area contributed by atoms with Gasteiger partial charge in [-0.05, 0) is 58.5 Å². The summed E-state index contributed by atoms with van der Waals surface area (Å²) in [7, 11) is 0. The van der Waals surface area contributed by atoms with Crippen molar-refractivity contribution in [2.45, 2.75) is 26.2 Å². The van der Waals surface area contributed by atoms with Crippen molar-refractivity contribution in [1.82, 2.24) is 14.8 Å². The van der Waals surface area contributed by atoms with Gasteiger partial charge >= 0.3 is 0 Å². The fraction of sp³-hybridized carbons (Fsp3) is 0.125. The first-order valence-corrected chi connectivity index (χ1v) is 12.1.